The Morgan fingerprint density at radius 3 is 2.48 bits per heavy atom. The summed E-state index contributed by atoms with van der Waals surface area (Å²) in [5.74, 6) is -0.297. The summed E-state index contributed by atoms with van der Waals surface area (Å²) >= 11 is 0. The number of ether oxygens (including phenoxy) is 1. The van der Waals surface area contributed by atoms with Gasteiger partial charge in [-0.15, -0.1) is 0 Å². The van der Waals surface area contributed by atoms with E-state index < -0.39 is 16.7 Å². The minimum Gasteiger partial charge on any atom is -0.444 e. The van der Waals surface area contributed by atoms with E-state index in [4.69, 9.17) is 10.5 Å². The number of aliphatic imine (C=N–C) groups is 1. The quantitative estimate of drug-likeness (QED) is 0.325. The van der Waals surface area contributed by atoms with Crippen LogP contribution in [-0.4, -0.2) is 29.2 Å². The summed E-state index contributed by atoms with van der Waals surface area (Å²) in [6, 6.07) is 6.96. The van der Waals surface area contributed by atoms with E-state index in [1.807, 2.05) is 0 Å². The van der Waals surface area contributed by atoms with Crippen molar-refractivity contribution in [3.05, 3.63) is 39.9 Å². The molecule has 126 valence electrons. The molecule has 4 N–H and O–H groups in total. The highest BCUT2D eigenvalue weighted by Crippen LogP contribution is 2.13. The molecule has 0 saturated heterocycles. The van der Waals surface area contributed by atoms with Crippen LogP contribution >= 0.6 is 0 Å². The molecule has 9 heteroatoms. The molecule has 0 aromatic heterocycles. The molecule has 0 unspecified atom stereocenters. The molecule has 9 nitrogen and oxygen atoms in total. The first-order chi connectivity index (χ1) is 10.7. The van der Waals surface area contributed by atoms with Gasteiger partial charge in [0.2, 0.25) is 0 Å². The minimum absolute atomic E-state index is 0.297. The van der Waals surface area contributed by atoms with Gasteiger partial charge in [-0.3, -0.25) is 0 Å². The van der Waals surface area contributed by atoms with Crippen molar-refractivity contribution in [1.82, 2.24) is 10.7 Å². The number of hydrazine groups is 1. The first-order valence-electron chi connectivity index (χ1n) is 6.97. The van der Waals surface area contributed by atoms with E-state index in [1.54, 1.807) is 50.5 Å². The first-order valence-corrected chi connectivity index (χ1v) is 6.97. The Morgan fingerprint density at radius 1 is 1.35 bits per heavy atom. The standard InChI is InChI=1S/C14H21N5O4/c1-14(2,3)23-13(20)16-9-8-10-4-6-11(7-5-10)17-12(15)18-19(21)22/h4-7H,8-9H2,1-3H3,(H,16,20)(H3,15,17,18). The molecule has 0 spiro atoms. The van der Waals surface area contributed by atoms with E-state index in [0.29, 0.717) is 18.7 Å². The number of benzene rings is 1. The molecule has 0 fully saturated rings. The van der Waals surface area contributed by atoms with Gasteiger partial charge in [0, 0.05) is 6.54 Å². The molecule has 0 bridgehead atoms. The Kier molecular flexibility index (Phi) is 6.31. The van der Waals surface area contributed by atoms with Crippen LogP contribution in [0.25, 0.3) is 0 Å². The number of carbonyl (C=O) groups excluding carboxylic acids is 1. The molecule has 1 amide bonds. The van der Waals surface area contributed by atoms with Crippen LogP contribution in [0.4, 0.5) is 10.5 Å². The lowest BCUT2D eigenvalue weighted by Gasteiger charge is -2.19. The molecule has 1 aromatic rings. The Balaban J connectivity index is 2.46. The summed E-state index contributed by atoms with van der Waals surface area (Å²) in [6.07, 6.45) is 0.156. The van der Waals surface area contributed by atoms with Crippen molar-refractivity contribution in [2.45, 2.75) is 32.8 Å². The van der Waals surface area contributed by atoms with Gasteiger partial charge in [0.15, 0.2) is 5.03 Å². The van der Waals surface area contributed by atoms with Crippen molar-refractivity contribution < 1.29 is 14.6 Å². The molecule has 1 aromatic carbocycles. The number of alkyl carbamates (subject to hydrolysis) is 1. The maximum atomic E-state index is 11.5. The third kappa shape index (κ3) is 8.24. The second kappa shape index (κ2) is 7.97. The number of hydrogen-bond acceptors (Lipinski definition) is 5. The average molecular weight is 323 g/mol. The summed E-state index contributed by atoms with van der Waals surface area (Å²) in [5.41, 5.74) is 8.04. The normalized spacial score (nSPS) is 11.7. The summed E-state index contributed by atoms with van der Waals surface area (Å²) in [5, 5.41) is 12.1. The van der Waals surface area contributed by atoms with Crippen LogP contribution in [-0.2, 0) is 11.2 Å². The van der Waals surface area contributed by atoms with E-state index in [1.165, 1.54) is 0 Å². The lowest BCUT2D eigenvalue weighted by molar-refractivity contribution is -0.525. The molecular weight excluding hydrogens is 302 g/mol. The molecule has 0 aliphatic heterocycles. The second-order valence-electron chi connectivity index (χ2n) is 5.71. The van der Waals surface area contributed by atoms with E-state index in [0.717, 1.165) is 5.56 Å². The van der Waals surface area contributed by atoms with Crippen molar-refractivity contribution in [3.63, 3.8) is 0 Å². The van der Waals surface area contributed by atoms with Gasteiger partial charge >= 0.3 is 6.09 Å². The SMILES string of the molecule is CC(C)(C)OC(=O)NCCc1ccc(N=C(N)N[N+](=O)[O-])cc1. The van der Waals surface area contributed by atoms with Crippen molar-refractivity contribution in [2.24, 2.45) is 10.7 Å². The number of nitrogens with one attached hydrogen (secondary N) is 2. The number of nitro groups is 1. The van der Waals surface area contributed by atoms with Crippen molar-refractivity contribution >= 4 is 17.7 Å². The number of carbonyl (C=O) groups is 1. The predicted octanol–water partition coefficient (Wildman–Crippen LogP) is 1.48. The number of rotatable bonds is 5. The largest absolute Gasteiger partial charge is 0.444 e. The van der Waals surface area contributed by atoms with Crippen LogP contribution in [0.15, 0.2) is 29.3 Å². The lowest BCUT2D eigenvalue weighted by atomic mass is 10.1. The van der Waals surface area contributed by atoms with Gasteiger partial charge in [-0.25, -0.2) is 19.9 Å². The minimum atomic E-state index is -0.782. The van der Waals surface area contributed by atoms with Crippen molar-refractivity contribution in [2.75, 3.05) is 6.54 Å². The van der Waals surface area contributed by atoms with Crippen LogP contribution in [0.1, 0.15) is 26.3 Å². The highest BCUT2D eigenvalue weighted by molar-refractivity contribution is 5.79. The van der Waals surface area contributed by atoms with Gasteiger partial charge in [-0.1, -0.05) is 17.6 Å². The smallest absolute Gasteiger partial charge is 0.407 e. The molecule has 0 radical (unpaired) electrons. The molecule has 0 aliphatic carbocycles. The molecule has 1 rings (SSSR count). The van der Waals surface area contributed by atoms with Crippen LogP contribution in [0, 0.1) is 10.1 Å². The highest BCUT2D eigenvalue weighted by atomic mass is 16.7. The van der Waals surface area contributed by atoms with Gasteiger partial charge in [0.05, 0.1) is 5.69 Å². The number of hydrogen-bond donors (Lipinski definition) is 3. The van der Waals surface area contributed by atoms with Gasteiger partial charge in [-0.05, 0) is 44.9 Å². The van der Waals surface area contributed by atoms with Crippen LogP contribution in [0.2, 0.25) is 0 Å². The topological polar surface area (TPSA) is 132 Å². The van der Waals surface area contributed by atoms with Gasteiger partial charge < -0.3 is 15.8 Å². The first kappa shape index (κ1) is 18.2. The van der Waals surface area contributed by atoms with E-state index in [2.05, 4.69) is 10.3 Å². The summed E-state index contributed by atoms with van der Waals surface area (Å²) in [4.78, 5) is 25.5. The Morgan fingerprint density at radius 2 is 1.96 bits per heavy atom. The molecule has 0 saturated carbocycles. The summed E-state index contributed by atoms with van der Waals surface area (Å²) in [6.45, 7) is 5.82. The molecule has 0 atom stereocenters. The number of nitrogens with zero attached hydrogens (tertiary/aromatic N) is 2. The van der Waals surface area contributed by atoms with Crippen LogP contribution in [0.3, 0.4) is 0 Å². The Bertz CT molecular complexity index is 578. The number of nitrogens with two attached hydrogens (primary N) is 1. The fraction of sp³-hybridized carbons (Fsp3) is 0.429. The van der Waals surface area contributed by atoms with Gasteiger partial charge in [0.1, 0.15) is 5.60 Å². The Labute approximate surface area is 134 Å². The second-order valence-corrected chi connectivity index (χ2v) is 5.71. The number of amides is 1. The highest BCUT2D eigenvalue weighted by Gasteiger charge is 2.15. The predicted molar refractivity (Wildman–Crippen MR) is 85.8 cm³/mol. The zero-order valence-electron chi connectivity index (χ0n) is 13.3. The zero-order chi connectivity index (χ0) is 17.5. The fourth-order valence-corrected chi connectivity index (χ4v) is 1.62. The van der Waals surface area contributed by atoms with Crippen LogP contribution < -0.4 is 16.5 Å². The molecule has 0 heterocycles. The molecular formula is C14H21N5O4. The third-order valence-corrected chi connectivity index (χ3v) is 2.47. The Hall–Kier alpha value is -2.84. The third-order valence-electron chi connectivity index (χ3n) is 2.47. The van der Waals surface area contributed by atoms with Gasteiger partial charge in [-0.2, -0.15) is 0 Å². The summed E-state index contributed by atoms with van der Waals surface area (Å²) in [7, 11) is 0. The zero-order valence-corrected chi connectivity index (χ0v) is 13.3. The maximum absolute atomic E-state index is 11.5. The van der Waals surface area contributed by atoms with Crippen molar-refractivity contribution in [3.8, 4) is 0 Å². The fourth-order valence-electron chi connectivity index (χ4n) is 1.62. The van der Waals surface area contributed by atoms with Gasteiger partial charge in [0.25, 0.3) is 5.96 Å². The number of guanidine groups is 1. The monoisotopic (exact) mass is 323 g/mol. The van der Waals surface area contributed by atoms with E-state index in [-0.39, 0.29) is 5.96 Å². The van der Waals surface area contributed by atoms with E-state index in [9.17, 15) is 14.9 Å². The lowest BCUT2D eigenvalue weighted by Crippen LogP contribution is -2.35. The van der Waals surface area contributed by atoms with Crippen molar-refractivity contribution in [1.29, 1.82) is 0 Å². The van der Waals surface area contributed by atoms with Crippen LogP contribution in [0.5, 0.6) is 0 Å². The maximum Gasteiger partial charge on any atom is 0.407 e. The molecule has 23 heavy (non-hydrogen) atoms. The van der Waals surface area contributed by atoms with E-state index >= 15 is 0 Å². The summed E-state index contributed by atoms with van der Waals surface area (Å²) < 4.78 is 5.13. The molecule has 0 aliphatic rings. The average Bonchev–Trinajstić information content (AvgIpc) is 2.37.